The molecule has 1 amide bonds. The van der Waals surface area contributed by atoms with Crippen molar-refractivity contribution >= 4 is 28.2 Å². The van der Waals surface area contributed by atoms with Crippen molar-refractivity contribution in [2.75, 3.05) is 36.0 Å². The summed E-state index contributed by atoms with van der Waals surface area (Å²) in [4.78, 5) is 29.8. The van der Waals surface area contributed by atoms with Gasteiger partial charge in [0.1, 0.15) is 5.56 Å². The molecular weight excluding hydrogens is 376 g/mol. The lowest BCUT2D eigenvalue weighted by Gasteiger charge is -2.49. The van der Waals surface area contributed by atoms with Gasteiger partial charge in [0.25, 0.3) is 11.5 Å². The van der Waals surface area contributed by atoms with Gasteiger partial charge in [0, 0.05) is 49.7 Å². The van der Waals surface area contributed by atoms with Crippen LogP contribution in [0.4, 0.5) is 11.4 Å². The van der Waals surface area contributed by atoms with Crippen LogP contribution in [0.2, 0.25) is 0 Å². The van der Waals surface area contributed by atoms with Crippen molar-refractivity contribution < 1.29 is 4.79 Å². The third-order valence-corrected chi connectivity index (χ3v) is 6.73. The second-order valence-electron chi connectivity index (χ2n) is 8.83. The van der Waals surface area contributed by atoms with E-state index < -0.39 is 5.91 Å². The van der Waals surface area contributed by atoms with E-state index in [1.54, 1.807) is 7.05 Å². The minimum Gasteiger partial charge on any atom is -0.370 e. The van der Waals surface area contributed by atoms with Crippen molar-refractivity contribution in [3.05, 3.63) is 70.0 Å². The Balaban J connectivity index is 1.49. The molecule has 0 saturated carbocycles. The summed E-state index contributed by atoms with van der Waals surface area (Å²) >= 11 is 0. The van der Waals surface area contributed by atoms with Crippen molar-refractivity contribution in [1.29, 1.82) is 0 Å². The molecule has 0 aliphatic carbocycles. The molecule has 2 aromatic carbocycles. The van der Waals surface area contributed by atoms with Crippen LogP contribution in [0.3, 0.4) is 0 Å². The zero-order chi connectivity index (χ0) is 21.0. The summed E-state index contributed by atoms with van der Waals surface area (Å²) in [6.07, 6.45) is 1.04. The van der Waals surface area contributed by atoms with E-state index in [9.17, 15) is 9.59 Å². The number of hydrogen-bond donors (Lipinski definition) is 1. The van der Waals surface area contributed by atoms with Crippen LogP contribution >= 0.6 is 0 Å². The number of anilines is 2. The third kappa shape index (κ3) is 2.78. The molecule has 0 bridgehead atoms. The molecule has 2 aliphatic heterocycles. The van der Waals surface area contributed by atoms with Crippen LogP contribution in [0.25, 0.3) is 10.9 Å². The standard InChI is InChI=1S/C24H26N4O2/c1-16-7-9-17(10-8-16)28-14-24(15-28)11-12-27(13-24)21-18-5-3-4-6-19(18)26(2)23(30)20(21)22(25)29/h3-10H,11-15H2,1-2H3,(H2,25,29). The number of carbonyl (C=O) groups is 1. The molecule has 5 rings (SSSR count). The molecule has 3 aromatic rings. The first-order valence-electron chi connectivity index (χ1n) is 10.4. The third-order valence-electron chi connectivity index (χ3n) is 6.73. The molecule has 154 valence electrons. The van der Waals surface area contributed by atoms with Gasteiger partial charge in [-0.3, -0.25) is 9.59 Å². The second kappa shape index (κ2) is 6.62. The summed E-state index contributed by atoms with van der Waals surface area (Å²) < 4.78 is 1.52. The Morgan fingerprint density at radius 3 is 2.37 bits per heavy atom. The van der Waals surface area contributed by atoms with E-state index in [1.165, 1.54) is 15.8 Å². The number of amides is 1. The van der Waals surface area contributed by atoms with E-state index in [1.807, 2.05) is 24.3 Å². The Bertz CT molecular complexity index is 1210. The van der Waals surface area contributed by atoms with Crippen molar-refractivity contribution in [3.63, 3.8) is 0 Å². The lowest BCUT2D eigenvalue weighted by atomic mass is 9.78. The summed E-state index contributed by atoms with van der Waals surface area (Å²) in [6, 6.07) is 16.4. The summed E-state index contributed by atoms with van der Waals surface area (Å²) in [6.45, 7) is 5.72. The number of aromatic nitrogens is 1. The number of nitrogens with two attached hydrogens (primary N) is 1. The molecule has 0 unspecified atom stereocenters. The van der Waals surface area contributed by atoms with E-state index in [2.05, 4.69) is 41.0 Å². The molecule has 2 N–H and O–H groups in total. The van der Waals surface area contributed by atoms with Gasteiger partial charge in [-0.15, -0.1) is 0 Å². The summed E-state index contributed by atoms with van der Waals surface area (Å²) in [5.41, 5.74) is 9.67. The van der Waals surface area contributed by atoms with Crippen molar-refractivity contribution in [2.45, 2.75) is 13.3 Å². The molecule has 2 fully saturated rings. The molecule has 2 aliphatic rings. The molecule has 6 heteroatoms. The molecule has 1 spiro atoms. The number of hydrogen-bond acceptors (Lipinski definition) is 4. The predicted molar refractivity (Wildman–Crippen MR) is 120 cm³/mol. The van der Waals surface area contributed by atoms with Crippen molar-refractivity contribution in [2.24, 2.45) is 18.2 Å². The van der Waals surface area contributed by atoms with E-state index in [0.29, 0.717) is 5.69 Å². The highest BCUT2D eigenvalue weighted by Crippen LogP contribution is 2.44. The first-order chi connectivity index (χ1) is 14.4. The average Bonchev–Trinajstić information content (AvgIpc) is 3.15. The monoisotopic (exact) mass is 402 g/mol. The number of primary amides is 1. The van der Waals surface area contributed by atoms with Crippen LogP contribution in [0, 0.1) is 12.3 Å². The van der Waals surface area contributed by atoms with Gasteiger partial charge in [-0.2, -0.15) is 0 Å². The Kier molecular flexibility index (Phi) is 4.13. The molecule has 2 saturated heterocycles. The van der Waals surface area contributed by atoms with Gasteiger partial charge in [-0.25, -0.2) is 0 Å². The summed E-state index contributed by atoms with van der Waals surface area (Å²) in [5, 5.41) is 0.903. The molecule has 0 atom stereocenters. The van der Waals surface area contributed by atoms with Crippen LogP contribution in [-0.4, -0.2) is 36.7 Å². The van der Waals surface area contributed by atoms with Gasteiger partial charge >= 0.3 is 0 Å². The van der Waals surface area contributed by atoms with Gasteiger partial charge in [-0.1, -0.05) is 35.9 Å². The lowest BCUT2D eigenvalue weighted by Crippen LogP contribution is -2.57. The number of fused-ring (bicyclic) bond motifs is 1. The van der Waals surface area contributed by atoms with Crippen molar-refractivity contribution in [1.82, 2.24) is 4.57 Å². The first kappa shape index (κ1) is 18.7. The first-order valence-corrected chi connectivity index (χ1v) is 10.4. The number of para-hydroxylation sites is 1. The average molecular weight is 402 g/mol. The number of nitrogens with zero attached hydrogens (tertiary/aromatic N) is 3. The fraction of sp³-hybridized carbons (Fsp3) is 0.333. The molecule has 6 nitrogen and oxygen atoms in total. The number of rotatable bonds is 3. The molecule has 30 heavy (non-hydrogen) atoms. The number of benzene rings is 2. The topological polar surface area (TPSA) is 71.6 Å². The highest BCUT2D eigenvalue weighted by Gasteiger charge is 2.48. The van der Waals surface area contributed by atoms with Gasteiger partial charge in [-0.05, 0) is 31.5 Å². The lowest BCUT2D eigenvalue weighted by molar-refractivity contribution is 0.0999. The molecule has 0 radical (unpaired) electrons. The zero-order valence-corrected chi connectivity index (χ0v) is 17.4. The fourth-order valence-electron chi connectivity index (χ4n) is 5.12. The van der Waals surface area contributed by atoms with E-state index in [-0.39, 0.29) is 16.5 Å². The largest absolute Gasteiger partial charge is 0.370 e. The minimum atomic E-state index is -0.660. The molecule has 1 aromatic heterocycles. The van der Waals surface area contributed by atoms with Crippen LogP contribution in [0.5, 0.6) is 0 Å². The Morgan fingerprint density at radius 2 is 1.67 bits per heavy atom. The number of aryl methyl sites for hydroxylation is 2. The number of carbonyl (C=O) groups excluding carboxylic acids is 1. The Labute approximate surface area is 175 Å². The molecule has 3 heterocycles. The normalized spacial score (nSPS) is 17.5. The SMILES string of the molecule is Cc1ccc(N2CC3(CCN(c4c(C(N)=O)c(=O)n(C)c5ccccc45)C3)C2)cc1. The fourth-order valence-corrected chi connectivity index (χ4v) is 5.12. The maximum Gasteiger partial charge on any atom is 0.265 e. The van der Waals surface area contributed by atoms with E-state index in [4.69, 9.17) is 5.73 Å². The summed E-state index contributed by atoms with van der Waals surface area (Å²) in [5.74, 6) is -0.660. The van der Waals surface area contributed by atoms with Gasteiger partial charge in [0.15, 0.2) is 0 Å². The summed E-state index contributed by atoms with van der Waals surface area (Å²) in [7, 11) is 1.69. The highest BCUT2D eigenvalue weighted by molar-refractivity contribution is 6.07. The highest BCUT2D eigenvalue weighted by atomic mass is 16.2. The number of pyridine rings is 1. The van der Waals surface area contributed by atoms with Gasteiger partial charge < -0.3 is 20.1 Å². The van der Waals surface area contributed by atoms with Gasteiger partial charge in [0.05, 0.1) is 11.2 Å². The van der Waals surface area contributed by atoms with Crippen LogP contribution in [0.1, 0.15) is 22.3 Å². The minimum absolute atomic E-state index is 0.1000. The predicted octanol–water partition coefficient (Wildman–Crippen LogP) is 2.66. The molecular formula is C24H26N4O2. The van der Waals surface area contributed by atoms with Crippen LogP contribution in [0.15, 0.2) is 53.3 Å². The van der Waals surface area contributed by atoms with E-state index in [0.717, 1.165) is 43.5 Å². The zero-order valence-electron chi connectivity index (χ0n) is 17.4. The van der Waals surface area contributed by atoms with Crippen LogP contribution in [-0.2, 0) is 7.05 Å². The maximum atomic E-state index is 12.9. The maximum absolute atomic E-state index is 12.9. The van der Waals surface area contributed by atoms with Crippen LogP contribution < -0.4 is 21.1 Å². The quantitative estimate of drug-likeness (QED) is 0.731. The smallest absolute Gasteiger partial charge is 0.265 e. The van der Waals surface area contributed by atoms with Gasteiger partial charge in [0.2, 0.25) is 0 Å². The Morgan fingerprint density at radius 1 is 1.00 bits per heavy atom. The second-order valence-corrected chi connectivity index (χ2v) is 8.83. The van der Waals surface area contributed by atoms with E-state index >= 15 is 0 Å². The van der Waals surface area contributed by atoms with Crippen molar-refractivity contribution in [3.8, 4) is 0 Å². The Hall–Kier alpha value is -3.28.